The van der Waals surface area contributed by atoms with Crippen molar-refractivity contribution in [3.8, 4) is 0 Å². The number of nitrogens with zero attached hydrogens (tertiary/aromatic N) is 2. The molecule has 0 saturated carbocycles. The molecule has 29 heavy (non-hydrogen) atoms. The zero-order valence-electron chi connectivity index (χ0n) is 15.7. The third-order valence-corrected chi connectivity index (χ3v) is 5.49. The second-order valence-corrected chi connectivity index (χ2v) is 7.80. The van der Waals surface area contributed by atoms with Crippen molar-refractivity contribution in [3.05, 3.63) is 52.5 Å². The lowest BCUT2D eigenvalue weighted by molar-refractivity contribution is -0.121. The Morgan fingerprint density at radius 3 is 2.28 bits per heavy atom. The first-order chi connectivity index (χ1) is 14.0. The van der Waals surface area contributed by atoms with Crippen LogP contribution in [0.3, 0.4) is 0 Å². The molecule has 0 spiro atoms. The van der Waals surface area contributed by atoms with Gasteiger partial charge in [0.05, 0.1) is 30.3 Å². The van der Waals surface area contributed by atoms with Gasteiger partial charge in [-0.05, 0) is 42.5 Å². The molecule has 0 aromatic heterocycles. The SMILES string of the molecule is O=C(Nc1cc(Br)ccc1N1CCOCC1)c1ccc(N2C(=O)CCC2=O)cc1. The van der Waals surface area contributed by atoms with Gasteiger partial charge in [-0.2, -0.15) is 0 Å². The number of nitrogens with one attached hydrogen (secondary N) is 1. The highest BCUT2D eigenvalue weighted by atomic mass is 79.9. The topological polar surface area (TPSA) is 79.0 Å². The smallest absolute Gasteiger partial charge is 0.255 e. The van der Waals surface area contributed by atoms with Crippen molar-refractivity contribution >= 4 is 50.7 Å². The van der Waals surface area contributed by atoms with Crippen LogP contribution in [0, 0.1) is 0 Å². The van der Waals surface area contributed by atoms with Gasteiger partial charge in [0.25, 0.3) is 5.91 Å². The Kier molecular flexibility index (Phi) is 5.64. The quantitative estimate of drug-likeness (QED) is 0.713. The van der Waals surface area contributed by atoms with Crippen LogP contribution in [-0.4, -0.2) is 44.0 Å². The molecule has 2 aliphatic heterocycles. The fourth-order valence-corrected chi connectivity index (χ4v) is 3.87. The molecule has 3 amide bonds. The monoisotopic (exact) mass is 457 g/mol. The first kappa shape index (κ1) is 19.6. The van der Waals surface area contributed by atoms with Crippen molar-refractivity contribution in [1.82, 2.24) is 0 Å². The lowest BCUT2D eigenvalue weighted by atomic mass is 10.1. The van der Waals surface area contributed by atoms with Crippen LogP contribution in [0.4, 0.5) is 17.1 Å². The number of hydrogen-bond donors (Lipinski definition) is 1. The number of morpholine rings is 1. The van der Waals surface area contributed by atoms with Crippen LogP contribution in [0.15, 0.2) is 46.9 Å². The van der Waals surface area contributed by atoms with Crippen molar-refractivity contribution in [2.45, 2.75) is 12.8 Å². The zero-order valence-corrected chi connectivity index (χ0v) is 17.3. The van der Waals surface area contributed by atoms with Gasteiger partial charge in [-0.1, -0.05) is 15.9 Å². The standard InChI is InChI=1S/C21H20BrN3O4/c22-15-3-6-18(24-9-11-29-12-10-24)17(13-15)23-21(28)14-1-4-16(5-2-14)25-19(26)7-8-20(25)27/h1-6,13H,7-12H2,(H,23,28). The minimum Gasteiger partial charge on any atom is -0.378 e. The van der Waals surface area contributed by atoms with E-state index in [1.165, 1.54) is 4.90 Å². The highest BCUT2D eigenvalue weighted by Crippen LogP contribution is 2.31. The Labute approximate surface area is 176 Å². The van der Waals surface area contributed by atoms with Gasteiger partial charge in [0.2, 0.25) is 11.8 Å². The minimum absolute atomic E-state index is 0.212. The Balaban J connectivity index is 1.53. The van der Waals surface area contributed by atoms with Crippen molar-refractivity contribution in [2.75, 3.05) is 41.4 Å². The van der Waals surface area contributed by atoms with Gasteiger partial charge in [0.15, 0.2) is 0 Å². The average molecular weight is 458 g/mol. The van der Waals surface area contributed by atoms with E-state index < -0.39 is 0 Å². The van der Waals surface area contributed by atoms with Crippen LogP contribution < -0.4 is 15.1 Å². The molecule has 4 rings (SSSR count). The summed E-state index contributed by atoms with van der Waals surface area (Å²) in [4.78, 5) is 39.9. The molecule has 1 N–H and O–H groups in total. The first-order valence-electron chi connectivity index (χ1n) is 9.42. The molecule has 0 atom stereocenters. The summed E-state index contributed by atoms with van der Waals surface area (Å²) in [5.41, 5.74) is 2.58. The van der Waals surface area contributed by atoms with Gasteiger partial charge in [0.1, 0.15) is 0 Å². The van der Waals surface area contributed by atoms with E-state index in [-0.39, 0.29) is 30.6 Å². The summed E-state index contributed by atoms with van der Waals surface area (Å²) in [7, 11) is 0. The van der Waals surface area contributed by atoms with E-state index in [4.69, 9.17) is 4.74 Å². The number of anilines is 3. The molecule has 150 valence electrons. The zero-order chi connectivity index (χ0) is 20.4. The van der Waals surface area contributed by atoms with Crippen molar-refractivity contribution in [2.24, 2.45) is 0 Å². The van der Waals surface area contributed by atoms with Crippen LogP contribution in [0.5, 0.6) is 0 Å². The fraction of sp³-hybridized carbons (Fsp3) is 0.286. The highest BCUT2D eigenvalue weighted by molar-refractivity contribution is 9.10. The number of carbonyl (C=O) groups excluding carboxylic acids is 3. The molecule has 2 saturated heterocycles. The average Bonchev–Trinajstić information content (AvgIpc) is 3.07. The molecule has 2 fully saturated rings. The molecule has 2 heterocycles. The summed E-state index contributed by atoms with van der Waals surface area (Å²) in [6.45, 7) is 2.83. The molecule has 8 heteroatoms. The maximum Gasteiger partial charge on any atom is 0.255 e. The Hall–Kier alpha value is -2.71. The molecular formula is C21H20BrN3O4. The number of imide groups is 1. The van der Waals surface area contributed by atoms with Crippen LogP contribution in [0.1, 0.15) is 23.2 Å². The van der Waals surface area contributed by atoms with E-state index in [1.54, 1.807) is 24.3 Å². The van der Waals surface area contributed by atoms with Crippen LogP contribution in [0.25, 0.3) is 0 Å². The van der Waals surface area contributed by atoms with Gasteiger partial charge in [-0.3, -0.25) is 19.3 Å². The van der Waals surface area contributed by atoms with Gasteiger partial charge in [-0.25, -0.2) is 0 Å². The number of rotatable bonds is 4. The van der Waals surface area contributed by atoms with E-state index in [1.807, 2.05) is 18.2 Å². The third-order valence-electron chi connectivity index (χ3n) is 5.00. The lowest BCUT2D eigenvalue weighted by Crippen LogP contribution is -2.36. The fourth-order valence-electron chi connectivity index (χ4n) is 3.51. The molecule has 0 bridgehead atoms. The minimum atomic E-state index is -0.261. The predicted octanol–water partition coefficient (Wildman–Crippen LogP) is 3.19. The van der Waals surface area contributed by atoms with Gasteiger partial charge in [-0.15, -0.1) is 0 Å². The highest BCUT2D eigenvalue weighted by Gasteiger charge is 2.30. The summed E-state index contributed by atoms with van der Waals surface area (Å²) in [5.74, 6) is -0.684. The lowest BCUT2D eigenvalue weighted by Gasteiger charge is -2.30. The van der Waals surface area contributed by atoms with Gasteiger partial charge < -0.3 is 15.0 Å². The van der Waals surface area contributed by atoms with E-state index in [2.05, 4.69) is 26.1 Å². The number of hydrogen-bond acceptors (Lipinski definition) is 5. The van der Waals surface area contributed by atoms with E-state index in [0.29, 0.717) is 30.2 Å². The number of carbonyl (C=O) groups is 3. The summed E-state index contributed by atoms with van der Waals surface area (Å²) < 4.78 is 6.28. The largest absolute Gasteiger partial charge is 0.378 e. The molecule has 0 unspecified atom stereocenters. The normalized spacial score (nSPS) is 17.0. The van der Waals surface area contributed by atoms with Gasteiger partial charge >= 0.3 is 0 Å². The Morgan fingerprint density at radius 1 is 0.966 bits per heavy atom. The predicted molar refractivity (Wildman–Crippen MR) is 113 cm³/mol. The second-order valence-electron chi connectivity index (χ2n) is 6.88. The molecule has 2 aromatic rings. The summed E-state index contributed by atoms with van der Waals surface area (Å²) in [5, 5.41) is 2.97. The van der Waals surface area contributed by atoms with E-state index in [9.17, 15) is 14.4 Å². The Bertz CT molecular complexity index is 939. The summed E-state index contributed by atoms with van der Waals surface area (Å²) in [6.07, 6.45) is 0.461. The molecule has 7 nitrogen and oxygen atoms in total. The van der Waals surface area contributed by atoms with Crippen molar-refractivity contribution in [3.63, 3.8) is 0 Å². The maximum atomic E-state index is 12.8. The third kappa shape index (κ3) is 4.18. The molecular weight excluding hydrogens is 438 g/mol. The number of amides is 3. The van der Waals surface area contributed by atoms with E-state index in [0.717, 1.165) is 23.2 Å². The molecule has 0 aliphatic carbocycles. The first-order valence-corrected chi connectivity index (χ1v) is 10.2. The number of benzene rings is 2. The van der Waals surface area contributed by atoms with E-state index >= 15 is 0 Å². The molecule has 2 aliphatic rings. The second kappa shape index (κ2) is 8.34. The maximum absolute atomic E-state index is 12.8. The van der Waals surface area contributed by atoms with Crippen LogP contribution in [0.2, 0.25) is 0 Å². The molecule has 0 radical (unpaired) electrons. The Morgan fingerprint density at radius 2 is 1.62 bits per heavy atom. The summed E-state index contributed by atoms with van der Waals surface area (Å²) >= 11 is 3.46. The number of ether oxygens (including phenoxy) is 1. The molecule has 2 aromatic carbocycles. The van der Waals surface area contributed by atoms with Gasteiger partial charge in [0, 0.05) is 36.0 Å². The van der Waals surface area contributed by atoms with Crippen LogP contribution in [-0.2, 0) is 14.3 Å². The van der Waals surface area contributed by atoms with Crippen molar-refractivity contribution in [1.29, 1.82) is 0 Å². The number of halogens is 1. The van der Waals surface area contributed by atoms with Crippen LogP contribution >= 0.6 is 15.9 Å². The summed E-state index contributed by atoms with van der Waals surface area (Å²) in [6, 6.07) is 12.3. The van der Waals surface area contributed by atoms with Crippen molar-refractivity contribution < 1.29 is 19.1 Å².